The van der Waals surface area contributed by atoms with Gasteiger partial charge in [0.2, 0.25) is 0 Å². The van der Waals surface area contributed by atoms with Crippen molar-refractivity contribution in [3.05, 3.63) is 0 Å². The lowest BCUT2D eigenvalue weighted by atomic mass is 10.3. The molecule has 0 aromatic heterocycles. The summed E-state index contributed by atoms with van der Waals surface area (Å²) in [5.41, 5.74) is 0. The first-order chi connectivity index (χ1) is 4.86. The molecule has 10 heavy (non-hydrogen) atoms. The molecule has 0 aromatic rings. The summed E-state index contributed by atoms with van der Waals surface area (Å²) in [6.45, 7) is 7.31. The van der Waals surface area contributed by atoms with Crippen molar-refractivity contribution in [2.24, 2.45) is 0 Å². The molecule has 3 bridgehead atoms. The van der Waals surface area contributed by atoms with Crippen molar-refractivity contribution in [2.45, 2.75) is 0 Å². The molecule has 1 unspecified atom stereocenters. The number of nitrogens with one attached hydrogen (secondary N) is 1. The smallest absolute Gasteiger partial charge is 0.143 e. The minimum atomic E-state index is 1.09. The Bertz CT molecular complexity index is 155. The largest absolute Gasteiger partial charge is 0.273 e. The molecule has 0 radical (unpaired) electrons. The Morgan fingerprint density at radius 3 is 2.60 bits per heavy atom. The zero-order chi connectivity index (χ0) is 6.60. The van der Waals surface area contributed by atoms with Crippen LogP contribution in [0.4, 0.5) is 0 Å². The SMILES string of the molecule is C1NC[N+]23CN1CN(C2)C3. The first kappa shape index (κ1) is 5.49. The van der Waals surface area contributed by atoms with Crippen molar-refractivity contribution in [3.8, 4) is 0 Å². The molecule has 4 heterocycles. The van der Waals surface area contributed by atoms with E-state index in [1.54, 1.807) is 0 Å². The lowest BCUT2D eigenvalue weighted by molar-refractivity contribution is -1.02. The Morgan fingerprint density at radius 2 is 1.90 bits per heavy atom. The van der Waals surface area contributed by atoms with Gasteiger partial charge in [-0.3, -0.25) is 9.80 Å². The van der Waals surface area contributed by atoms with Crippen LogP contribution in [0.5, 0.6) is 0 Å². The molecule has 4 rings (SSSR count). The van der Waals surface area contributed by atoms with Gasteiger partial charge in [0.05, 0.1) is 13.3 Å². The monoisotopic (exact) mass is 141 g/mol. The number of hydrogen-bond donors (Lipinski definition) is 1. The third kappa shape index (κ3) is 0.549. The summed E-state index contributed by atoms with van der Waals surface area (Å²) in [5.74, 6) is 0. The topological polar surface area (TPSA) is 18.5 Å². The normalized spacial score (nSPS) is 57.6. The fourth-order valence-electron chi connectivity index (χ4n) is 2.43. The zero-order valence-corrected chi connectivity index (χ0v) is 6.08. The molecule has 4 nitrogen and oxygen atoms in total. The highest BCUT2D eigenvalue weighted by molar-refractivity contribution is 4.69. The van der Waals surface area contributed by atoms with Crippen molar-refractivity contribution in [3.63, 3.8) is 0 Å². The van der Waals surface area contributed by atoms with Crippen LogP contribution in [0.1, 0.15) is 0 Å². The first-order valence-corrected chi connectivity index (χ1v) is 3.87. The van der Waals surface area contributed by atoms with E-state index in [1.807, 2.05) is 0 Å². The molecule has 0 saturated carbocycles. The maximum atomic E-state index is 3.44. The predicted octanol–water partition coefficient (Wildman–Crippen LogP) is -1.22. The molecule has 4 saturated heterocycles. The minimum absolute atomic E-state index is 1.09. The van der Waals surface area contributed by atoms with E-state index < -0.39 is 0 Å². The molecule has 0 amide bonds. The Labute approximate surface area is 60.6 Å². The van der Waals surface area contributed by atoms with Crippen LogP contribution in [0, 0.1) is 0 Å². The molecule has 1 atom stereocenters. The van der Waals surface area contributed by atoms with Crippen molar-refractivity contribution < 1.29 is 4.48 Å². The van der Waals surface area contributed by atoms with Crippen LogP contribution >= 0.6 is 0 Å². The van der Waals surface area contributed by atoms with Crippen LogP contribution < -0.4 is 5.32 Å². The molecule has 4 aliphatic rings. The molecule has 1 N–H and O–H groups in total. The molecule has 4 aliphatic heterocycles. The summed E-state index contributed by atoms with van der Waals surface area (Å²) in [6.07, 6.45) is 0. The Hall–Kier alpha value is -0.160. The van der Waals surface area contributed by atoms with Crippen LogP contribution in [-0.2, 0) is 0 Å². The lowest BCUT2D eigenvalue weighted by Gasteiger charge is -2.61. The molecule has 56 valence electrons. The summed E-state index contributed by atoms with van der Waals surface area (Å²) in [4.78, 5) is 4.97. The highest BCUT2D eigenvalue weighted by atomic mass is 15.7. The number of quaternary nitrogens is 1. The van der Waals surface area contributed by atoms with E-state index in [1.165, 1.54) is 37.8 Å². The van der Waals surface area contributed by atoms with Gasteiger partial charge in [0.15, 0.2) is 0 Å². The third-order valence-electron chi connectivity index (χ3n) is 2.68. The Balaban J connectivity index is 1.88. The van der Waals surface area contributed by atoms with Gasteiger partial charge >= 0.3 is 0 Å². The molecule has 1 spiro atoms. The maximum absolute atomic E-state index is 3.44. The van der Waals surface area contributed by atoms with Gasteiger partial charge in [-0.05, 0) is 0 Å². The second-order valence-electron chi connectivity index (χ2n) is 3.82. The molecule has 4 heteroatoms. The van der Waals surface area contributed by atoms with E-state index in [9.17, 15) is 0 Å². The van der Waals surface area contributed by atoms with E-state index in [-0.39, 0.29) is 0 Å². The zero-order valence-electron chi connectivity index (χ0n) is 6.08. The summed E-state index contributed by atoms with van der Waals surface area (Å²) < 4.78 is 1.28. The van der Waals surface area contributed by atoms with Crippen LogP contribution in [0.2, 0.25) is 0 Å². The van der Waals surface area contributed by atoms with Crippen LogP contribution in [0.15, 0.2) is 0 Å². The van der Waals surface area contributed by atoms with Gasteiger partial charge in [0, 0.05) is 0 Å². The molecule has 0 aromatic carbocycles. The third-order valence-corrected chi connectivity index (χ3v) is 2.68. The molecular weight excluding hydrogens is 128 g/mol. The van der Waals surface area contributed by atoms with E-state index in [0.29, 0.717) is 0 Å². The van der Waals surface area contributed by atoms with Gasteiger partial charge in [-0.2, -0.15) is 4.90 Å². The predicted molar refractivity (Wildman–Crippen MR) is 36.3 cm³/mol. The van der Waals surface area contributed by atoms with Gasteiger partial charge in [-0.1, -0.05) is 0 Å². The Kier molecular flexibility index (Phi) is 0.840. The van der Waals surface area contributed by atoms with E-state index in [2.05, 4.69) is 15.1 Å². The van der Waals surface area contributed by atoms with Crippen molar-refractivity contribution in [1.82, 2.24) is 15.1 Å². The average molecular weight is 141 g/mol. The summed E-state index contributed by atoms with van der Waals surface area (Å²) in [5, 5.41) is 3.44. The van der Waals surface area contributed by atoms with Gasteiger partial charge in [-0.15, -0.1) is 0 Å². The summed E-state index contributed by atoms with van der Waals surface area (Å²) >= 11 is 0. The maximum Gasteiger partial charge on any atom is 0.143 e. The van der Waals surface area contributed by atoms with E-state index in [0.717, 1.165) is 6.67 Å². The van der Waals surface area contributed by atoms with Gasteiger partial charge in [0.25, 0.3) is 0 Å². The number of rotatable bonds is 0. The van der Waals surface area contributed by atoms with Gasteiger partial charge < -0.3 is 0 Å². The van der Waals surface area contributed by atoms with Crippen LogP contribution in [0.25, 0.3) is 0 Å². The average Bonchev–Trinajstić information content (AvgIpc) is 1.84. The fraction of sp³-hybridized carbons (Fsp3) is 1.00. The van der Waals surface area contributed by atoms with Gasteiger partial charge in [0.1, 0.15) is 26.7 Å². The fourth-order valence-corrected chi connectivity index (χ4v) is 2.43. The standard InChI is InChI=1S/C6H13N4/c1-7-2-10-4-8(1)3-9(5-10)6-10/h7H,1-6H2/q+1. The summed E-state index contributed by atoms with van der Waals surface area (Å²) in [7, 11) is 0. The van der Waals surface area contributed by atoms with Crippen molar-refractivity contribution in [1.29, 1.82) is 0 Å². The van der Waals surface area contributed by atoms with E-state index >= 15 is 0 Å². The summed E-state index contributed by atoms with van der Waals surface area (Å²) in [6, 6.07) is 0. The molecular formula is C6H13N4+. The quantitative estimate of drug-likeness (QED) is 0.427. The highest BCUT2D eigenvalue weighted by Crippen LogP contribution is 2.27. The second-order valence-corrected chi connectivity index (χ2v) is 3.82. The van der Waals surface area contributed by atoms with E-state index in [4.69, 9.17) is 0 Å². The van der Waals surface area contributed by atoms with Crippen molar-refractivity contribution >= 4 is 0 Å². The number of nitrogens with zero attached hydrogens (tertiary/aromatic N) is 3. The molecule has 0 aliphatic carbocycles. The van der Waals surface area contributed by atoms with Crippen LogP contribution in [-0.4, -0.2) is 54.3 Å². The lowest BCUT2D eigenvalue weighted by Crippen LogP contribution is -2.82. The minimum Gasteiger partial charge on any atom is -0.273 e. The number of hydrogen-bond acceptors (Lipinski definition) is 3. The second kappa shape index (κ2) is 1.53. The molecule has 4 fully saturated rings. The van der Waals surface area contributed by atoms with Crippen molar-refractivity contribution in [2.75, 3.05) is 40.0 Å². The first-order valence-electron chi connectivity index (χ1n) is 3.87. The Morgan fingerprint density at radius 1 is 1.10 bits per heavy atom. The van der Waals surface area contributed by atoms with Crippen LogP contribution in [0.3, 0.4) is 0 Å². The van der Waals surface area contributed by atoms with Gasteiger partial charge in [-0.25, -0.2) is 4.90 Å². The highest BCUT2D eigenvalue weighted by Gasteiger charge is 2.50.